The molecule has 0 bridgehead atoms. The lowest BCUT2D eigenvalue weighted by molar-refractivity contribution is -0.124. The second-order valence-corrected chi connectivity index (χ2v) is 10.1. The van der Waals surface area contributed by atoms with Gasteiger partial charge < -0.3 is 10.6 Å². The van der Waals surface area contributed by atoms with Crippen molar-refractivity contribution in [2.75, 3.05) is 24.6 Å². The highest BCUT2D eigenvalue weighted by Gasteiger charge is 2.22. The van der Waals surface area contributed by atoms with Gasteiger partial charge in [0.05, 0.1) is 5.75 Å². The van der Waals surface area contributed by atoms with Crippen molar-refractivity contribution in [2.45, 2.75) is 58.8 Å². The van der Waals surface area contributed by atoms with Crippen LogP contribution in [0, 0.1) is 11.8 Å². The lowest BCUT2D eigenvalue weighted by atomic mass is 9.89. The smallest absolute Gasteiger partial charge is 0.321 e. The number of hydrogen-bond donors (Lipinski definition) is 4. The predicted octanol–water partition coefficient (Wildman–Crippen LogP) is 3.04. The lowest BCUT2D eigenvalue weighted by Crippen LogP contribution is -2.43. The van der Waals surface area contributed by atoms with Crippen molar-refractivity contribution in [2.24, 2.45) is 11.8 Å². The molecule has 0 aromatic carbocycles. The summed E-state index contributed by atoms with van der Waals surface area (Å²) in [5.74, 6) is 0.732. The summed E-state index contributed by atoms with van der Waals surface area (Å²) in [6.45, 7) is 5.19. The van der Waals surface area contributed by atoms with Crippen LogP contribution in [0.3, 0.4) is 0 Å². The van der Waals surface area contributed by atoms with E-state index in [1.54, 1.807) is 0 Å². The highest BCUT2D eigenvalue weighted by atomic mass is 33.1. The van der Waals surface area contributed by atoms with Gasteiger partial charge in [-0.2, -0.15) is 0 Å². The second-order valence-electron chi connectivity index (χ2n) is 7.50. The van der Waals surface area contributed by atoms with Crippen LogP contribution in [0.4, 0.5) is 9.59 Å². The first-order valence-corrected chi connectivity index (χ1v) is 12.8. The van der Waals surface area contributed by atoms with Gasteiger partial charge in [-0.15, -0.1) is 0 Å². The fourth-order valence-corrected chi connectivity index (χ4v) is 4.64. The van der Waals surface area contributed by atoms with Crippen LogP contribution >= 0.6 is 21.6 Å². The Hall–Kier alpha value is -1.42. The summed E-state index contributed by atoms with van der Waals surface area (Å²) in [6.07, 6.45) is 6.86. The van der Waals surface area contributed by atoms with Gasteiger partial charge in [-0.05, 0) is 31.6 Å². The van der Waals surface area contributed by atoms with Crippen LogP contribution < -0.4 is 21.3 Å². The van der Waals surface area contributed by atoms with Gasteiger partial charge in [-0.25, -0.2) is 9.59 Å². The molecule has 0 aromatic heterocycles. The van der Waals surface area contributed by atoms with Crippen molar-refractivity contribution in [3.8, 4) is 0 Å². The zero-order chi connectivity index (χ0) is 21.5. The van der Waals surface area contributed by atoms with Gasteiger partial charge in [-0.1, -0.05) is 54.7 Å². The average molecular weight is 447 g/mol. The number of amides is 6. The van der Waals surface area contributed by atoms with Gasteiger partial charge in [0.25, 0.3) is 0 Å². The van der Waals surface area contributed by atoms with E-state index in [1.165, 1.54) is 21.6 Å². The minimum absolute atomic E-state index is 0.0506. The van der Waals surface area contributed by atoms with Crippen molar-refractivity contribution in [1.82, 2.24) is 21.3 Å². The summed E-state index contributed by atoms with van der Waals surface area (Å²) >= 11 is 0. The Morgan fingerprint density at radius 2 is 1.55 bits per heavy atom. The molecule has 0 saturated heterocycles. The third kappa shape index (κ3) is 13.4. The van der Waals surface area contributed by atoms with Gasteiger partial charge in [-0.3, -0.25) is 20.2 Å². The average Bonchev–Trinajstić information content (AvgIpc) is 2.68. The topological polar surface area (TPSA) is 116 Å². The maximum absolute atomic E-state index is 12.0. The summed E-state index contributed by atoms with van der Waals surface area (Å²) in [6, 6.07) is -0.941. The molecule has 6 amide bonds. The zero-order valence-corrected chi connectivity index (χ0v) is 19.0. The molecule has 0 atom stereocenters. The summed E-state index contributed by atoms with van der Waals surface area (Å²) in [4.78, 5) is 47.0. The second kappa shape index (κ2) is 15.4. The maximum atomic E-state index is 12.0. The molecule has 0 unspecified atom stereocenters. The zero-order valence-electron chi connectivity index (χ0n) is 17.4. The Labute approximate surface area is 181 Å². The third-order valence-corrected chi connectivity index (χ3v) is 6.72. The third-order valence-electron chi connectivity index (χ3n) is 4.45. The molecular formula is C19H34N4O4S2. The number of urea groups is 2. The summed E-state index contributed by atoms with van der Waals surface area (Å²) in [5, 5.41) is 9.99. The number of hydrogen-bond acceptors (Lipinski definition) is 6. The predicted molar refractivity (Wildman–Crippen MR) is 119 cm³/mol. The quantitative estimate of drug-likeness (QED) is 0.286. The minimum Gasteiger partial charge on any atom is -0.338 e. The van der Waals surface area contributed by atoms with Crippen LogP contribution in [0.15, 0.2) is 0 Å². The van der Waals surface area contributed by atoms with Gasteiger partial charge in [0.1, 0.15) is 0 Å². The summed E-state index contributed by atoms with van der Waals surface area (Å²) < 4.78 is 0. The molecule has 4 N–H and O–H groups in total. The molecule has 0 radical (unpaired) electrons. The molecule has 1 aliphatic rings. The van der Waals surface area contributed by atoms with E-state index in [4.69, 9.17) is 0 Å². The van der Waals surface area contributed by atoms with E-state index in [0.29, 0.717) is 24.8 Å². The van der Waals surface area contributed by atoms with Gasteiger partial charge in [0.15, 0.2) is 0 Å². The molecule has 0 aliphatic heterocycles. The first-order chi connectivity index (χ1) is 13.9. The summed E-state index contributed by atoms with van der Waals surface area (Å²) in [5.41, 5.74) is 0. The number of rotatable bonds is 11. The largest absolute Gasteiger partial charge is 0.338 e. The first kappa shape index (κ1) is 25.6. The molecule has 1 saturated carbocycles. The molecule has 166 valence electrons. The Kier molecular flexibility index (Phi) is 13.6. The fraction of sp³-hybridized carbons (Fsp3) is 0.789. The van der Waals surface area contributed by atoms with E-state index in [9.17, 15) is 19.2 Å². The van der Waals surface area contributed by atoms with E-state index in [0.717, 1.165) is 44.9 Å². The molecule has 8 nitrogen and oxygen atoms in total. The van der Waals surface area contributed by atoms with Crippen molar-refractivity contribution in [3.63, 3.8) is 0 Å². The van der Waals surface area contributed by atoms with E-state index >= 15 is 0 Å². The SMILES string of the molecule is CC(C)CCCNC(=O)NC(=O)CSSCCNC(=O)NC(=O)C1CCCCC1. The standard InChI is InChI=1S/C19H34N4O4S2/c1-14(2)7-6-10-20-18(26)22-16(24)13-29-28-12-11-21-19(27)23-17(25)15-8-4-3-5-9-15/h14-15H,3-13H2,1-2H3,(H2,20,22,24,26)(H2,21,23,25,27). The highest BCUT2D eigenvalue weighted by molar-refractivity contribution is 8.76. The first-order valence-electron chi connectivity index (χ1n) is 10.3. The Morgan fingerprint density at radius 3 is 2.24 bits per heavy atom. The molecule has 1 fully saturated rings. The monoisotopic (exact) mass is 446 g/mol. The molecule has 29 heavy (non-hydrogen) atoms. The van der Waals surface area contributed by atoms with Gasteiger partial charge >= 0.3 is 12.1 Å². The molecule has 0 heterocycles. The molecule has 0 aromatic rings. The molecule has 1 aliphatic carbocycles. The van der Waals surface area contributed by atoms with Crippen molar-refractivity contribution in [3.05, 3.63) is 0 Å². The van der Waals surface area contributed by atoms with E-state index in [-0.39, 0.29) is 23.5 Å². The van der Waals surface area contributed by atoms with Crippen molar-refractivity contribution < 1.29 is 19.2 Å². The van der Waals surface area contributed by atoms with E-state index in [1.807, 2.05) is 0 Å². The number of imide groups is 2. The normalized spacial score (nSPS) is 14.3. The minimum atomic E-state index is -0.474. The van der Waals surface area contributed by atoms with E-state index < -0.39 is 12.1 Å². The Balaban J connectivity index is 1.98. The van der Waals surface area contributed by atoms with E-state index in [2.05, 4.69) is 35.1 Å². The number of carbonyl (C=O) groups is 4. The number of nitrogens with one attached hydrogen (secondary N) is 4. The highest BCUT2D eigenvalue weighted by Crippen LogP contribution is 2.23. The van der Waals surface area contributed by atoms with Crippen LogP contribution in [0.1, 0.15) is 58.8 Å². The summed E-state index contributed by atoms with van der Waals surface area (Å²) in [7, 11) is 2.73. The molecule has 1 rings (SSSR count). The fourth-order valence-electron chi connectivity index (χ4n) is 2.90. The van der Waals surface area contributed by atoms with Crippen LogP contribution in [0.2, 0.25) is 0 Å². The Morgan fingerprint density at radius 1 is 0.897 bits per heavy atom. The van der Waals surface area contributed by atoms with Crippen LogP contribution in [-0.4, -0.2) is 48.5 Å². The maximum Gasteiger partial charge on any atom is 0.321 e. The Bertz CT molecular complexity index is 540. The lowest BCUT2D eigenvalue weighted by Gasteiger charge is -2.20. The van der Waals surface area contributed by atoms with Gasteiger partial charge in [0, 0.05) is 24.8 Å². The van der Waals surface area contributed by atoms with Crippen LogP contribution in [0.5, 0.6) is 0 Å². The van der Waals surface area contributed by atoms with Crippen LogP contribution in [0.25, 0.3) is 0 Å². The molecular weight excluding hydrogens is 412 g/mol. The molecule has 10 heteroatoms. The van der Waals surface area contributed by atoms with Crippen molar-refractivity contribution in [1.29, 1.82) is 0 Å². The van der Waals surface area contributed by atoms with Crippen LogP contribution in [-0.2, 0) is 9.59 Å². The van der Waals surface area contributed by atoms with Crippen molar-refractivity contribution >= 4 is 45.5 Å². The van der Waals surface area contributed by atoms with Gasteiger partial charge in [0.2, 0.25) is 11.8 Å². The number of carbonyl (C=O) groups excluding carboxylic acids is 4. The molecule has 0 spiro atoms.